The summed E-state index contributed by atoms with van der Waals surface area (Å²) in [5, 5.41) is 13.8. The Balaban J connectivity index is 2.07. The normalized spacial score (nSPS) is 23.3. The Bertz CT molecular complexity index is 597. The van der Waals surface area contributed by atoms with Gasteiger partial charge in [0.2, 0.25) is 0 Å². The molecule has 0 unspecified atom stereocenters. The van der Waals surface area contributed by atoms with Crippen LogP contribution in [0.25, 0.3) is 0 Å². The lowest BCUT2D eigenvalue weighted by Crippen LogP contribution is -2.48. The van der Waals surface area contributed by atoms with Crippen LogP contribution in [0, 0.1) is 0 Å². The topological polar surface area (TPSA) is 97.2 Å². The third-order valence-corrected chi connectivity index (χ3v) is 4.17. The molecule has 1 heterocycles. The van der Waals surface area contributed by atoms with Crippen LogP contribution >= 0.6 is 0 Å². The quantitative estimate of drug-likeness (QED) is 0.296. The van der Waals surface area contributed by atoms with E-state index in [2.05, 4.69) is 5.16 Å². The zero-order valence-electron chi connectivity index (χ0n) is 17.4. The maximum atomic E-state index is 9.78. The summed E-state index contributed by atoms with van der Waals surface area (Å²) in [6.07, 6.45) is -1.08. The van der Waals surface area contributed by atoms with E-state index in [9.17, 15) is 5.11 Å². The van der Waals surface area contributed by atoms with Crippen molar-refractivity contribution in [3.8, 4) is 0 Å². The second-order valence-electron chi connectivity index (χ2n) is 6.91. The van der Waals surface area contributed by atoms with E-state index in [-0.39, 0.29) is 20.2 Å². The minimum Gasteiger partial charge on any atom is -0.394 e. The molecule has 1 aliphatic heterocycles. The van der Waals surface area contributed by atoms with Gasteiger partial charge in [-0.2, -0.15) is 0 Å². The molecule has 9 heteroatoms. The minimum atomic E-state index is -0.878. The number of ether oxygens (including phenoxy) is 6. The van der Waals surface area contributed by atoms with E-state index in [4.69, 9.17) is 33.3 Å². The molecular formula is C20H31NO8. The number of oxime groups is 1. The van der Waals surface area contributed by atoms with E-state index in [1.807, 2.05) is 30.3 Å². The predicted molar refractivity (Wildman–Crippen MR) is 104 cm³/mol. The number of nitrogens with zero attached hydrogens (tertiary/aromatic N) is 1. The van der Waals surface area contributed by atoms with Gasteiger partial charge >= 0.3 is 0 Å². The first kappa shape index (κ1) is 23.7. The first-order chi connectivity index (χ1) is 14.0. The van der Waals surface area contributed by atoms with Crippen LogP contribution in [0.5, 0.6) is 0 Å². The maximum Gasteiger partial charge on any atom is 0.164 e. The molecule has 29 heavy (non-hydrogen) atoms. The highest BCUT2D eigenvalue weighted by atomic mass is 16.8. The third-order valence-electron chi connectivity index (χ3n) is 4.17. The van der Waals surface area contributed by atoms with Crippen molar-refractivity contribution in [1.82, 2.24) is 0 Å². The molecule has 0 saturated carbocycles. The van der Waals surface area contributed by atoms with Gasteiger partial charge in [-0.25, -0.2) is 0 Å². The summed E-state index contributed by atoms with van der Waals surface area (Å²) < 4.78 is 33.2. The largest absolute Gasteiger partial charge is 0.394 e. The van der Waals surface area contributed by atoms with Crippen molar-refractivity contribution in [2.45, 2.75) is 50.7 Å². The van der Waals surface area contributed by atoms with Gasteiger partial charge in [-0.15, -0.1) is 0 Å². The first-order valence-electron chi connectivity index (χ1n) is 9.37. The maximum absolute atomic E-state index is 9.78. The molecule has 0 aliphatic carbocycles. The Morgan fingerprint density at radius 2 is 1.79 bits per heavy atom. The molecule has 4 atom stereocenters. The van der Waals surface area contributed by atoms with Crippen LogP contribution in [0.3, 0.4) is 0 Å². The number of aliphatic hydroxyl groups is 1. The van der Waals surface area contributed by atoms with Crippen LogP contribution in [0.15, 0.2) is 35.5 Å². The van der Waals surface area contributed by atoms with Gasteiger partial charge in [-0.05, 0) is 19.4 Å². The molecule has 0 bridgehead atoms. The van der Waals surface area contributed by atoms with Gasteiger partial charge in [0.1, 0.15) is 44.6 Å². The lowest BCUT2D eigenvalue weighted by atomic mass is 10.0. The van der Waals surface area contributed by atoms with E-state index in [0.29, 0.717) is 6.61 Å². The van der Waals surface area contributed by atoms with E-state index < -0.39 is 30.2 Å². The zero-order chi connectivity index (χ0) is 21.1. The van der Waals surface area contributed by atoms with E-state index in [1.165, 1.54) is 20.4 Å². The number of aliphatic hydroxyl groups excluding tert-OH is 1. The monoisotopic (exact) mass is 413 g/mol. The van der Waals surface area contributed by atoms with E-state index >= 15 is 0 Å². The fourth-order valence-electron chi connectivity index (χ4n) is 2.94. The number of rotatable bonds is 13. The van der Waals surface area contributed by atoms with Crippen molar-refractivity contribution in [1.29, 1.82) is 0 Å². The number of hydrogen-bond acceptors (Lipinski definition) is 9. The first-order valence-corrected chi connectivity index (χ1v) is 9.37. The molecular weight excluding hydrogens is 382 g/mol. The predicted octanol–water partition coefficient (Wildman–Crippen LogP) is 1.68. The average Bonchev–Trinajstić information content (AvgIpc) is 3.02. The highest BCUT2D eigenvalue weighted by molar-refractivity contribution is 5.64. The smallest absolute Gasteiger partial charge is 0.164 e. The Morgan fingerprint density at radius 3 is 2.45 bits per heavy atom. The summed E-state index contributed by atoms with van der Waals surface area (Å²) in [5.74, 6) is -0.878. The lowest BCUT2D eigenvalue weighted by molar-refractivity contribution is -0.211. The van der Waals surface area contributed by atoms with Crippen LogP contribution in [0.1, 0.15) is 19.4 Å². The van der Waals surface area contributed by atoms with Gasteiger partial charge in [0.15, 0.2) is 5.79 Å². The number of benzene rings is 1. The fraction of sp³-hybridized carbons (Fsp3) is 0.650. The van der Waals surface area contributed by atoms with Crippen molar-refractivity contribution in [3.63, 3.8) is 0 Å². The number of methoxy groups -OCH3 is 2. The molecule has 1 aliphatic rings. The van der Waals surface area contributed by atoms with Crippen molar-refractivity contribution in [2.24, 2.45) is 5.16 Å². The molecule has 164 valence electrons. The number of hydrogen-bond donors (Lipinski definition) is 1. The Hall–Kier alpha value is -1.59. The van der Waals surface area contributed by atoms with Gasteiger partial charge in [-0.1, -0.05) is 35.5 Å². The van der Waals surface area contributed by atoms with Crippen LogP contribution in [-0.2, 0) is 39.9 Å². The van der Waals surface area contributed by atoms with Gasteiger partial charge < -0.3 is 38.4 Å². The van der Waals surface area contributed by atoms with Crippen LogP contribution in [0.4, 0.5) is 0 Å². The molecule has 0 amide bonds. The molecule has 1 aromatic carbocycles. The summed E-state index contributed by atoms with van der Waals surface area (Å²) in [7, 11) is 3.00. The van der Waals surface area contributed by atoms with E-state index in [1.54, 1.807) is 13.8 Å². The van der Waals surface area contributed by atoms with Crippen LogP contribution < -0.4 is 0 Å². The van der Waals surface area contributed by atoms with Gasteiger partial charge in [0.05, 0.1) is 12.8 Å². The lowest BCUT2D eigenvalue weighted by Gasteiger charge is -2.31. The standard InChI is InChI=1S/C20H31NO8/c1-20(2)28-16(10-21-27-12-15-8-6-5-7-9-15)19(29-20)18(26-14-24-4)17(11-22)25-13-23-3/h5-10,16-19,22H,11-14H2,1-4H3/b21-10-/t16-,17+,18-,19-/m0/s1. The second-order valence-corrected chi connectivity index (χ2v) is 6.91. The van der Waals surface area contributed by atoms with Crippen molar-refractivity contribution >= 4 is 6.21 Å². The molecule has 9 nitrogen and oxygen atoms in total. The van der Waals surface area contributed by atoms with Crippen molar-refractivity contribution in [2.75, 3.05) is 34.4 Å². The molecule has 1 N–H and O–H groups in total. The Kier molecular flexibility index (Phi) is 9.95. The highest BCUT2D eigenvalue weighted by Gasteiger charge is 2.48. The summed E-state index contributed by atoms with van der Waals surface area (Å²) in [6.45, 7) is 3.59. The van der Waals surface area contributed by atoms with Crippen LogP contribution in [-0.4, -0.2) is 75.9 Å². The summed E-state index contributed by atoms with van der Waals surface area (Å²) in [6, 6.07) is 9.70. The van der Waals surface area contributed by atoms with Gasteiger partial charge in [0.25, 0.3) is 0 Å². The molecule has 0 aromatic heterocycles. The average molecular weight is 413 g/mol. The minimum absolute atomic E-state index is 0.00597. The molecule has 1 fully saturated rings. The van der Waals surface area contributed by atoms with Crippen molar-refractivity contribution in [3.05, 3.63) is 35.9 Å². The third kappa shape index (κ3) is 7.63. The van der Waals surface area contributed by atoms with Gasteiger partial charge in [-0.3, -0.25) is 0 Å². The Morgan fingerprint density at radius 1 is 1.10 bits per heavy atom. The Labute approximate surface area is 171 Å². The molecule has 2 rings (SSSR count). The molecule has 1 aromatic rings. The van der Waals surface area contributed by atoms with Crippen molar-refractivity contribution < 1.29 is 38.4 Å². The van der Waals surface area contributed by atoms with Gasteiger partial charge in [0, 0.05) is 14.2 Å². The summed E-state index contributed by atoms with van der Waals surface area (Å²) in [5.41, 5.74) is 1.000. The molecule has 0 spiro atoms. The zero-order valence-corrected chi connectivity index (χ0v) is 17.4. The van der Waals surface area contributed by atoms with E-state index in [0.717, 1.165) is 5.56 Å². The SMILES string of the molecule is COCO[C@H]([C@H]1OC(C)(C)O[C@H]1/C=N\OCc1ccccc1)[C@@H](CO)OCOC. The second kappa shape index (κ2) is 12.2. The molecule has 0 radical (unpaired) electrons. The fourth-order valence-corrected chi connectivity index (χ4v) is 2.94. The van der Waals surface area contributed by atoms with Crippen LogP contribution in [0.2, 0.25) is 0 Å². The summed E-state index contributed by atoms with van der Waals surface area (Å²) in [4.78, 5) is 5.38. The highest BCUT2D eigenvalue weighted by Crippen LogP contribution is 2.32. The molecule has 1 saturated heterocycles. The summed E-state index contributed by atoms with van der Waals surface area (Å²) >= 11 is 0.